The zero-order chi connectivity index (χ0) is 21.9. The topological polar surface area (TPSA) is 96.1 Å². The first-order valence-electron chi connectivity index (χ1n) is 11.9. The van der Waals surface area contributed by atoms with Gasteiger partial charge in [-0.25, -0.2) is 9.97 Å². The molecule has 7 nitrogen and oxygen atoms in total. The molecule has 2 atom stereocenters. The quantitative estimate of drug-likeness (QED) is 0.490. The molecule has 0 spiro atoms. The molecular weight excluding hydrogens is 398 g/mol. The second kappa shape index (κ2) is 9.12. The molecule has 5 rings (SSSR count). The lowest BCUT2D eigenvalue weighted by atomic mass is 9.95. The smallest absolute Gasteiger partial charge is 0.144 e. The highest BCUT2D eigenvalue weighted by Crippen LogP contribution is 2.39. The Morgan fingerprint density at radius 2 is 1.59 bits per heavy atom. The summed E-state index contributed by atoms with van der Waals surface area (Å²) in [5, 5.41) is 24.5. The van der Waals surface area contributed by atoms with Crippen LogP contribution in [0.25, 0.3) is 22.3 Å². The van der Waals surface area contributed by atoms with Crippen LogP contribution in [0.15, 0.2) is 31.0 Å². The van der Waals surface area contributed by atoms with Gasteiger partial charge in [0.1, 0.15) is 12.0 Å². The number of fused-ring (bicyclic) bond motifs is 1. The molecule has 0 amide bonds. The van der Waals surface area contributed by atoms with Crippen molar-refractivity contribution in [1.82, 2.24) is 24.3 Å². The van der Waals surface area contributed by atoms with Gasteiger partial charge in [-0.05, 0) is 43.6 Å². The van der Waals surface area contributed by atoms with Gasteiger partial charge in [0.2, 0.25) is 0 Å². The molecule has 2 saturated carbocycles. The highest BCUT2D eigenvalue weighted by molar-refractivity contribution is 5.90. The number of nitriles is 2. The van der Waals surface area contributed by atoms with Gasteiger partial charge < -0.3 is 4.57 Å². The number of hydrogen-bond donors (Lipinski definition) is 0. The van der Waals surface area contributed by atoms with Crippen molar-refractivity contribution in [3.05, 3.63) is 31.0 Å². The van der Waals surface area contributed by atoms with Crippen LogP contribution >= 0.6 is 0 Å². The summed E-state index contributed by atoms with van der Waals surface area (Å²) in [4.78, 5) is 9.21. The van der Waals surface area contributed by atoms with E-state index in [2.05, 4.69) is 44.0 Å². The van der Waals surface area contributed by atoms with E-state index in [1.54, 1.807) is 6.33 Å². The summed E-state index contributed by atoms with van der Waals surface area (Å²) < 4.78 is 4.18. The van der Waals surface area contributed by atoms with Gasteiger partial charge in [-0.1, -0.05) is 25.7 Å². The van der Waals surface area contributed by atoms with Gasteiger partial charge >= 0.3 is 0 Å². The van der Waals surface area contributed by atoms with E-state index in [0.29, 0.717) is 24.7 Å². The average molecular weight is 428 g/mol. The van der Waals surface area contributed by atoms with E-state index in [4.69, 9.17) is 0 Å². The second-order valence-corrected chi connectivity index (χ2v) is 9.34. The lowest BCUT2D eigenvalue weighted by Gasteiger charge is -2.23. The summed E-state index contributed by atoms with van der Waals surface area (Å²) in [7, 11) is 0. The number of aromatic nitrogens is 5. The molecule has 2 aliphatic carbocycles. The Morgan fingerprint density at radius 3 is 2.28 bits per heavy atom. The molecule has 164 valence electrons. The average Bonchev–Trinajstić information content (AvgIpc) is 3.63. The summed E-state index contributed by atoms with van der Waals surface area (Å²) in [5.41, 5.74) is 2.71. The molecule has 3 aromatic heterocycles. The van der Waals surface area contributed by atoms with Gasteiger partial charge in [0.25, 0.3) is 0 Å². The Hall–Kier alpha value is -3.19. The highest BCUT2D eigenvalue weighted by atomic mass is 15.3. The summed E-state index contributed by atoms with van der Waals surface area (Å²) in [6.07, 6.45) is 18.3. The molecular formula is C25H29N7. The number of hydrogen-bond acceptors (Lipinski definition) is 5. The molecule has 32 heavy (non-hydrogen) atoms. The highest BCUT2D eigenvalue weighted by Gasteiger charge is 2.29. The van der Waals surface area contributed by atoms with Crippen LogP contribution in [0.3, 0.4) is 0 Å². The van der Waals surface area contributed by atoms with E-state index < -0.39 is 0 Å². The maximum absolute atomic E-state index is 9.46. The van der Waals surface area contributed by atoms with Crippen LogP contribution in [0.5, 0.6) is 0 Å². The Balaban J connectivity index is 1.49. The molecule has 0 N–H and O–H groups in total. The third-order valence-corrected chi connectivity index (χ3v) is 7.57. The number of nitrogens with zero attached hydrogens (tertiary/aromatic N) is 7. The van der Waals surface area contributed by atoms with Crippen molar-refractivity contribution < 1.29 is 0 Å². The first-order chi connectivity index (χ1) is 15.8. The van der Waals surface area contributed by atoms with Crippen molar-refractivity contribution in [1.29, 1.82) is 10.5 Å². The van der Waals surface area contributed by atoms with Crippen LogP contribution in [0.1, 0.15) is 76.3 Å². The van der Waals surface area contributed by atoms with Gasteiger partial charge in [-0.3, -0.25) is 4.68 Å². The fraction of sp³-hybridized carbons (Fsp3) is 0.560. The monoisotopic (exact) mass is 427 g/mol. The molecule has 2 aliphatic rings. The van der Waals surface area contributed by atoms with E-state index >= 15 is 0 Å². The normalized spacial score (nSPS) is 19.2. The Morgan fingerprint density at radius 1 is 0.938 bits per heavy atom. The minimum Gasteiger partial charge on any atom is -0.328 e. The van der Waals surface area contributed by atoms with Crippen molar-refractivity contribution >= 4 is 11.0 Å². The Labute approximate surface area is 188 Å². The van der Waals surface area contributed by atoms with Crippen LogP contribution in [-0.2, 0) is 0 Å². The zero-order valence-corrected chi connectivity index (χ0v) is 18.4. The first-order valence-corrected chi connectivity index (χ1v) is 11.9. The van der Waals surface area contributed by atoms with E-state index in [1.807, 2.05) is 17.1 Å². The van der Waals surface area contributed by atoms with Crippen LogP contribution < -0.4 is 0 Å². The van der Waals surface area contributed by atoms with Gasteiger partial charge in [0, 0.05) is 23.3 Å². The van der Waals surface area contributed by atoms with E-state index in [9.17, 15) is 10.5 Å². The summed E-state index contributed by atoms with van der Waals surface area (Å²) >= 11 is 0. The number of rotatable bonds is 7. The van der Waals surface area contributed by atoms with Gasteiger partial charge in [-0.15, -0.1) is 0 Å². The molecule has 0 aliphatic heterocycles. The molecule has 2 fully saturated rings. The SMILES string of the molecule is N#CC[C@H](C1CCCC1)n1cc(-c2ncnc3c2ccn3[C@H](CC#N)C2CCCC2)cn1. The molecule has 3 heterocycles. The predicted octanol–water partition coefficient (Wildman–Crippen LogP) is 5.58. The van der Waals surface area contributed by atoms with E-state index in [1.165, 1.54) is 51.4 Å². The van der Waals surface area contributed by atoms with Gasteiger partial charge in [0.15, 0.2) is 0 Å². The van der Waals surface area contributed by atoms with Crippen LogP contribution in [0.2, 0.25) is 0 Å². The predicted molar refractivity (Wildman–Crippen MR) is 121 cm³/mol. The third kappa shape index (κ3) is 3.77. The summed E-state index contributed by atoms with van der Waals surface area (Å²) in [6.45, 7) is 0. The zero-order valence-electron chi connectivity index (χ0n) is 18.4. The fourth-order valence-electron chi connectivity index (χ4n) is 5.95. The lowest BCUT2D eigenvalue weighted by Crippen LogP contribution is -2.17. The molecule has 0 radical (unpaired) electrons. The molecule has 7 heteroatoms. The van der Waals surface area contributed by atoms with E-state index in [-0.39, 0.29) is 12.1 Å². The van der Waals surface area contributed by atoms with Crippen molar-refractivity contribution in [2.45, 2.75) is 76.3 Å². The van der Waals surface area contributed by atoms with Gasteiger partial charge in [0.05, 0.1) is 49.0 Å². The minimum atomic E-state index is 0.126. The van der Waals surface area contributed by atoms with Crippen molar-refractivity contribution in [3.8, 4) is 23.4 Å². The molecule has 0 bridgehead atoms. The minimum absolute atomic E-state index is 0.126. The van der Waals surface area contributed by atoms with Gasteiger partial charge in [-0.2, -0.15) is 15.6 Å². The van der Waals surface area contributed by atoms with Crippen LogP contribution in [0.4, 0.5) is 0 Å². The Bertz CT molecular complexity index is 1150. The maximum Gasteiger partial charge on any atom is 0.144 e. The molecule has 0 unspecified atom stereocenters. The molecule has 3 aromatic rings. The van der Waals surface area contributed by atoms with Crippen LogP contribution in [-0.4, -0.2) is 24.3 Å². The lowest BCUT2D eigenvalue weighted by molar-refractivity contribution is 0.315. The fourth-order valence-corrected chi connectivity index (χ4v) is 5.95. The maximum atomic E-state index is 9.46. The van der Waals surface area contributed by atoms with E-state index in [0.717, 1.165) is 22.3 Å². The molecule has 0 aromatic carbocycles. The van der Waals surface area contributed by atoms with Crippen LogP contribution in [0, 0.1) is 34.5 Å². The standard InChI is InChI=1S/C25H29N7/c26-12-9-22(18-5-1-2-6-18)31-14-11-21-24(28-17-29-25(21)31)20-15-30-32(16-20)23(10-13-27)19-7-3-4-8-19/h11,14-19,22-23H,1-10H2/t22-,23-/m1/s1. The largest absolute Gasteiger partial charge is 0.328 e. The van der Waals surface area contributed by atoms with Crippen molar-refractivity contribution in [3.63, 3.8) is 0 Å². The third-order valence-electron chi connectivity index (χ3n) is 7.57. The first kappa shape index (κ1) is 20.7. The van der Waals surface area contributed by atoms with Crippen molar-refractivity contribution in [2.75, 3.05) is 0 Å². The Kier molecular flexibility index (Phi) is 5.90. The van der Waals surface area contributed by atoms with Crippen molar-refractivity contribution in [2.24, 2.45) is 11.8 Å². The summed E-state index contributed by atoms with van der Waals surface area (Å²) in [5.74, 6) is 1.05. The molecule has 0 saturated heterocycles. The second-order valence-electron chi connectivity index (χ2n) is 9.34. The summed E-state index contributed by atoms with van der Waals surface area (Å²) in [6, 6.07) is 7.11.